The van der Waals surface area contributed by atoms with E-state index in [9.17, 15) is 4.79 Å². The number of carbonyl (C=O) groups is 1. The van der Waals surface area contributed by atoms with Crippen LogP contribution in [0.4, 0.5) is 5.82 Å². The van der Waals surface area contributed by atoms with Crippen LogP contribution in [-0.4, -0.2) is 46.3 Å². The van der Waals surface area contributed by atoms with Gasteiger partial charge in [0, 0.05) is 31.4 Å². The average molecular weight is 287 g/mol. The molecule has 2 aromatic heterocycles. The Hall–Kier alpha value is -2.44. The van der Waals surface area contributed by atoms with Gasteiger partial charge in [-0.1, -0.05) is 0 Å². The molecule has 7 nitrogen and oxygen atoms in total. The summed E-state index contributed by atoms with van der Waals surface area (Å²) < 4.78 is 4.62. The first-order valence-electron chi connectivity index (χ1n) is 6.94. The molecule has 0 aromatic carbocycles. The number of aromatic nitrogens is 4. The summed E-state index contributed by atoms with van der Waals surface area (Å²) in [7, 11) is 1.33. The van der Waals surface area contributed by atoms with Gasteiger partial charge in [-0.25, -0.2) is 9.78 Å². The number of hydrogen-bond donors (Lipinski definition) is 1. The van der Waals surface area contributed by atoms with Crippen molar-refractivity contribution < 1.29 is 9.53 Å². The fourth-order valence-corrected chi connectivity index (χ4v) is 2.62. The summed E-state index contributed by atoms with van der Waals surface area (Å²) in [5.74, 6) is 1.69. The van der Waals surface area contributed by atoms with E-state index in [4.69, 9.17) is 0 Å². The summed E-state index contributed by atoms with van der Waals surface area (Å²) in [6.45, 7) is 1.78. The van der Waals surface area contributed by atoms with Crippen molar-refractivity contribution in [2.45, 2.75) is 18.8 Å². The second-order valence-corrected chi connectivity index (χ2v) is 5.03. The molecule has 1 N–H and O–H groups in total. The van der Waals surface area contributed by atoms with Crippen molar-refractivity contribution in [2.24, 2.45) is 0 Å². The van der Waals surface area contributed by atoms with Crippen molar-refractivity contribution in [3.8, 4) is 0 Å². The molecule has 0 aliphatic carbocycles. The molecule has 0 saturated carbocycles. The third kappa shape index (κ3) is 2.86. The standard InChI is InChI=1S/C14H17N5O2/c1-21-14(20)11-4-5-12(18-17-11)19-8-2-3-10(9-19)13-15-6-7-16-13/h4-7,10H,2-3,8-9H2,1H3,(H,15,16). The number of piperidine rings is 1. The lowest BCUT2D eigenvalue weighted by Gasteiger charge is -2.32. The Morgan fingerprint density at radius 1 is 1.43 bits per heavy atom. The van der Waals surface area contributed by atoms with Gasteiger partial charge in [-0.15, -0.1) is 10.2 Å². The molecule has 3 heterocycles. The number of methoxy groups -OCH3 is 1. The van der Waals surface area contributed by atoms with Gasteiger partial charge in [0.2, 0.25) is 0 Å². The van der Waals surface area contributed by atoms with Gasteiger partial charge in [-0.2, -0.15) is 0 Å². The minimum absolute atomic E-state index is 0.223. The van der Waals surface area contributed by atoms with E-state index in [-0.39, 0.29) is 5.69 Å². The lowest BCUT2D eigenvalue weighted by molar-refractivity contribution is 0.0592. The third-order valence-electron chi connectivity index (χ3n) is 3.70. The molecule has 0 radical (unpaired) electrons. The molecule has 0 amide bonds. The fourth-order valence-electron chi connectivity index (χ4n) is 2.62. The van der Waals surface area contributed by atoms with Crippen LogP contribution in [0, 0.1) is 0 Å². The van der Waals surface area contributed by atoms with Crippen molar-refractivity contribution in [1.82, 2.24) is 20.2 Å². The predicted octanol–water partition coefficient (Wildman–Crippen LogP) is 1.37. The summed E-state index contributed by atoms with van der Waals surface area (Å²) >= 11 is 0. The molecule has 1 aliphatic rings. The Kier molecular flexibility index (Phi) is 3.81. The van der Waals surface area contributed by atoms with Gasteiger partial charge in [0.05, 0.1) is 7.11 Å². The van der Waals surface area contributed by atoms with E-state index in [1.54, 1.807) is 12.3 Å². The molecule has 1 atom stereocenters. The van der Waals surface area contributed by atoms with Crippen LogP contribution >= 0.6 is 0 Å². The molecule has 7 heteroatoms. The number of carbonyl (C=O) groups excluding carboxylic acids is 1. The van der Waals surface area contributed by atoms with Crippen LogP contribution in [0.15, 0.2) is 24.5 Å². The number of H-pyrrole nitrogens is 1. The van der Waals surface area contributed by atoms with Crippen molar-refractivity contribution in [3.05, 3.63) is 36.0 Å². The summed E-state index contributed by atoms with van der Waals surface area (Å²) in [6, 6.07) is 3.45. The van der Waals surface area contributed by atoms with Crippen LogP contribution in [0.1, 0.15) is 35.1 Å². The van der Waals surface area contributed by atoms with Crippen LogP contribution in [0.25, 0.3) is 0 Å². The van der Waals surface area contributed by atoms with Crippen LogP contribution < -0.4 is 4.90 Å². The topological polar surface area (TPSA) is 84.0 Å². The highest BCUT2D eigenvalue weighted by atomic mass is 16.5. The molecule has 21 heavy (non-hydrogen) atoms. The first-order valence-corrected chi connectivity index (χ1v) is 6.94. The van der Waals surface area contributed by atoms with Crippen molar-refractivity contribution in [3.63, 3.8) is 0 Å². The zero-order valence-corrected chi connectivity index (χ0v) is 11.8. The normalized spacial score (nSPS) is 18.5. The Balaban J connectivity index is 1.73. The van der Waals surface area contributed by atoms with Crippen LogP contribution in [-0.2, 0) is 4.74 Å². The van der Waals surface area contributed by atoms with Crippen molar-refractivity contribution in [1.29, 1.82) is 0 Å². The lowest BCUT2D eigenvalue weighted by Crippen LogP contribution is -2.35. The van der Waals surface area contributed by atoms with Crippen LogP contribution in [0.5, 0.6) is 0 Å². The molecule has 0 spiro atoms. The van der Waals surface area contributed by atoms with Crippen LogP contribution in [0.2, 0.25) is 0 Å². The number of rotatable bonds is 3. The number of anilines is 1. The van der Waals surface area contributed by atoms with Crippen molar-refractivity contribution in [2.75, 3.05) is 25.1 Å². The highest BCUT2D eigenvalue weighted by molar-refractivity contribution is 5.86. The van der Waals surface area contributed by atoms with E-state index in [1.807, 2.05) is 12.3 Å². The molecule has 1 aliphatic heterocycles. The molecular formula is C14H17N5O2. The molecule has 1 fully saturated rings. The second-order valence-electron chi connectivity index (χ2n) is 5.03. The predicted molar refractivity (Wildman–Crippen MR) is 76.1 cm³/mol. The van der Waals surface area contributed by atoms with E-state index >= 15 is 0 Å². The molecule has 1 unspecified atom stereocenters. The molecule has 3 rings (SSSR count). The van der Waals surface area contributed by atoms with E-state index in [1.165, 1.54) is 7.11 Å². The number of esters is 1. The summed E-state index contributed by atoms with van der Waals surface area (Å²) in [4.78, 5) is 21.0. The maximum atomic E-state index is 11.4. The number of aromatic amines is 1. The largest absolute Gasteiger partial charge is 0.464 e. The zero-order chi connectivity index (χ0) is 14.7. The molecule has 0 bridgehead atoms. The molecule has 1 saturated heterocycles. The first kappa shape index (κ1) is 13.5. The number of ether oxygens (including phenoxy) is 1. The molecular weight excluding hydrogens is 270 g/mol. The maximum Gasteiger partial charge on any atom is 0.358 e. The summed E-state index contributed by atoms with van der Waals surface area (Å²) in [5, 5.41) is 8.05. The zero-order valence-electron chi connectivity index (χ0n) is 11.8. The highest BCUT2D eigenvalue weighted by Gasteiger charge is 2.24. The number of nitrogens with zero attached hydrogens (tertiary/aromatic N) is 4. The molecule has 2 aromatic rings. The van der Waals surface area contributed by atoms with Gasteiger partial charge < -0.3 is 14.6 Å². The monoisotopic (exact) mass is 287 g/mol. The Bertz CT molecular complexity index is 596. The van der Waals surface area contributed by atoms with Crippen LogP contribution in [0.3, 0.4) is 0 Å². The van der Waals surface area contributed by atoms with Gasteiger partial charge in [-0.3, -0.25) is 0 Å². The van der Waals surface area contributed by atoms with Gasteiger partial charge in [0.15, 0.2) is 11.5 Å². The fraction of sp³-hybridized carbons (Fsp3) is 0.429. The first-order chi connectivity index (χ1) is 10.3. The quantitative estimate of drug-likeness (QED) is 0.858. The second kappa shape index (κ2) is 5.90. The summed E-state index contributed by atoms with van der Waals surface area (Å²) in [6.07, 6.45) is 5.81. The van der Waals surface area contributed by atoms with E-state index < -0.39 is 5.97 Å². The number of nitrogens with one attached hydrogen (secondary N) is 1. The number of imidazole rings is 1. The smallest absolute Gasteiger partial charge is 0.358 e. The van der Waals surface area contributed by atoms with Gasteiger partial charge in [0.1, 0.15) is 5.82 Å². The maximum absolute atomic E-state index is 11.4. The van der Waals surface area contributed by atoms with E-state index in [0.29, 0.717) is 5.92 Å². The third-order valence-corrected chi connectivity index (χ3v) is 3.70. The van der Waals surface area contributed by atoms with E-state index in [0.717, 1.165) is 37.6 Å². The number of hydrogen-bond acceptors (Lipinski definition) is 6. The van der Waals surface area contributed by atoms with Gasteiger partial charge >= 0.3 is 5.97 Å². The summed E-state index contributed by atoms with van der Waals surface area (Å²) in [5.41, 5.74) is 0.223. The Labute approximate surface area is 122 Å². The lowest BCUT2D eigenvalue weighted by atomic mass is 9.97. The SMILES string of the molecule is COC(=O)c1ccc(N2CCCC(c3ncc[nH]3)C2)nn1. The highest BCUT2D eigenvalue weighted by Crippen LogP contribution is 2.26. The Morgan fingerprint density at radius 2 is 2.33 bits per heavy atom. The van der Waals surface area contributed by atoms with Gasteiger partial charge in [-0.05, 0) is 25.0 Å². The Morgan fingerprint density at radius 3 is 3.00 bits per heavy atom. The minimum Gasteiger partial charge on any atom is -0.464 e. The molecule has 110 valence electrons. The average Bonchev–Trinajstić information content (AvgIpc) is 3.09. The van der Waals surface area contributed by atoms with Gasteiger partial charge in [0.25, 0.3) is 0 Å². The minimum atomic E-state index is -0.471. The van der Waals surface area contributed by atoms with E-state index in [2.05, 4.69) is 29.8 Å². The van der Waals surface area contributed by atoms with Crippen molar-refractivity contribution >= 4 is 11.8 Å².